The van der Waals surface area contributed by atoms with Crippen LogP contribution in [0.15, 0.2) is 11.6 Å². The van der Waals surface area contributed by atoms with Crippen LogP contribution in [0, 0.1) is 28.6 Å². The topological polar surface area (TPSA) is 104 Å². The highest BCUT2D eigenvalue weighted by molar-refractivity contribution is 5.85. The smallest absolute Gasteiger partial charge is 0.331 e. The van der Waals surface area contributed by atoms with Crippen LogP contribution in [-0.4, -0.2) is 51.5 Å². The normalized spacial score (nSPS) is 54.1. The van der Waals surface area contributed by atoms with Crippen LogP contribution in [0.3, 0.4) is 0 Å². The van der Waals surface area contributed by atoms with E-state index in [1.165, 1.54) is 0 Å². The summed E-state index contributed by atoms with van der Waals surface area (Å²) in [5.74, 6) is 0.0379. The van der Waals surface area contributed by atoms with Crippen molar-refractivity contribution in [1.29, 1.82) is 0 Å². The Bertz CT molecular complexity index is 777. The van der Waals surface area contributed by atoms with E-state index >= 15 is 0 Å². The first kappa shape index (κ1) is 19.7. The van der Waals surface area contributed by atoms with E-state index in [9.17, 15) is 24.9 Å². The second kappa shape index (κ2) is 6.14. The van der Waals surface area contributed by atoms with Crippen molar-refractivity contribution in [3.63, 3.8) is 0 Å². The van der Waals surface area contributed by atoms with Crippen LogP contribution in [0.2, 0.25) is 0 Å². The van der Waals surface area contributed by atoms with Gasteiger partial charge in [-0.15, -0.1) is 0 Å². The van der Waals surface area contributed by atoms with Gasteiger partial charge in [0.15, 0.2) is 0 Å². The summed E-state index contributed by atoms with van der Waals surface area (Å²) in [5.41, 5.74) is -2.19. The quantitative estimate of drug-likeness (QED) is 0.480. The van der Waals surface area contributed by atoms with Crippen LogP contribution in [0.25, 0.3) is 0 Å². The van der Waals surface area contributed by atoms with Gasteiger partial charge in [-0.1, -0.05) is 6.92 Å². The second-order valence-corrected chi connectivity index (χ2v) is 10.9. The fourth-order valence-electron chi connectivity index (χ4n) is 7.95. The van der Waals surface area contributed by atoms with Crippen molar-refractivity contribution in [3.8, 4) is 0 Å². The first-order valence-electron chi connectivity index (χ1n) is 11.1. The van der Waals surface area contributed by atoms with Gasteiger partial charge in [0, 0.05) is 12.5 Å². The zero-order valence-corrected chi connectivity index (χ0v) is 17.1. The average Bonchev–Trinajstić information content (AvgIpc) is 3.20. The fraction of sp³-hybridized carbons (Fsp3) is 0.826. The summed E-state index contributed by atoms with van der Waals surface area (Å²) in [6.45, 7) is 2.43. The molecule has 6 heteroatoms. The third-order valence-corrected chi connectivity index (χ3v) is 9.58. The molecular formula is C23H32O6. The molecule has 3 N–H and O–H groups in total. The van der Waals surface area contributed by atoms with Gasteiger partial charge in [-0.3, -0.25) is 0 Å². The molecule has 5 rings (SSSR count). The number of aliphatic hydroxyl groups excluding tert-OH is 1. The number of rotatable bonds is 2. The van der Waals surface area contributed by atoms with E-state index in [-0.39, 0.29) is 35.6 Å². The molecule has 0 aromatic heterocycles. The molecule has 1 heterocycles. The predicted molar refractivity (Wildman–Crippen MR) is 104 cm³/mol. The standard InChI is InChI=1S/C23H32O6/c1-20-7-16(15-6-19(26)29-12-15)9-23(20,28)8-14-2-5-22(27)10-17(25)3-4-21(22,13-24)18(14)11-20/h6,13-14,16-18,25,27-28H,2-5,7-12H2,1H3/t14-,16+,17+,18-,20+,21-,22+,23-/m0/s1. The minimum Gasteiger partial charge on any atom is -0.458 e. The largest absolute Gasteiger partial charge is 0.458 e. The Labute approximate surface area is 171 Å². The summed E-state index contributed by atoms with van der Waals surface area (Å²) >= 11 is 0. The zero-order valence-electron chi connectivity index (χ0n) is 17.1. The molecule has 0 amide bonds. The minimum absolute atomic E-state index is 0.0192. The van der Waals surface area contributed by atoms with E-state index in [0.717, 1.165) is 24.7 Å². The Kier molecular flexibility index (Phi) is 4.18. The number of hydrogen-bond acceptors (Lipinski definition) is 6. The van der Waals surface area contributed by atoms with Crippen LogP contribution < -0.4 is 0 Å². The number of carbonyl (C=O) groups is 2. The van der Waals surface area contributed by atoms with Gasteiger partial charge in [-0.05, 0) is 80.1 Å². The van der Waals surface area contributed by atoms with E-state index < -0.39 is 22.7 Å². The molecule has 0 spiro atoms. The number of hydrogen-bond donors (Lipinski definition) is 3. The minimum atomic E-state index is -1.15. The number of aldehydes is 1. The van der Waals surface area contributed by atoms with Crippen molar-refractivity contribution in [2.75, 3.05) is 6.61 Å². The summed E-state index contributed by atoms with van der Waals surface area (Å²) in [6.07, 6.45) is 7.36. The summed E-state index contributed by atoms with van der Waals surface area (Å²) in [4.78, 5) is 24.0. The lowest BCUT2D eigenvalue weighted by molar-refractivity contribution is -0.229. The van der Waals surface area contributed by atoms with Crippen LogP contribution in [0.5, 0.6) is 0 Å². The van der Waals surface area contributed by atoms with Gasteiger partial charge in [-0.2, -0.15) is 0 Å². The molecular weight excluding hydrogens is 372 g/mol. The average molecular weight is 405 g/mol. The van der Waals surface area contributed by atoms with Gasteiger partial charge in [0.2, 0.25) is 0 Å². The van der Waals surface area contributed by atoms with E-state index in [1.54, 1.807) is 6.08 Å². The van der Waals surface area contributed by atoms with Crippen LogP contribution in [0.1, 0.15) is 64.7 Å². The first-order chi connectivity index (χ1) is 13.6. The molecule has 1 aliphatic heterocycles. The predicted octanol–water partition coefficient (Wildman–Crippen LogP) is 1.90. The molecule has 5 aliphatic rings. The highest BCUT2D eigenvalue weighted by Gasteiger charge is 2.68. The molecule has 160 valence electrons. The monoisotopic (exact) mass is 404 g/mol. The van der Waals surface area contributed by atoms with Crippen molar-refractivity contribution in [3.05, 3.63) is 11.6 Å². The highest BCUT2D eigenvalue weighted by Crippen LogP contribution is 2.68. The Morgan fingerprint density at radius 3 is 2.55 bits per heavy atom. The SMILES string of the molecule is C[C@]12C[C@@H](C3=CC(=O)OC3)C[C@@]1(O)C[C@@H]1CC[C@@]3(O)C[C@H](O)CC[C@]3(C=O)[C@H]1C2. The molecule has 4 aliphatic carbocycles. The van der Waals surface area contributed by atoms with Crippen LogP contribution >= 0.6 is 0 Å². The van der Waals surface area contributed by atoms with Crippen molar-refractivity contribution in [1.82, 2.24) is 0 Å². The fourth-order valence-corrected chi connectivity index (χ4v) is 7.95. The third kappa shape index (κ3) is 2.58. The number of fused-ring (bicyclic) bond motifs is 4. The maximum absolute atomic E-state index is 12.5. The summed E-state index contributed by atoms with van der Waals surface area (Å²) in [7, 11) is 0. The second-order valence-electron chi connectivity index (χ2n) is 10.9. The lowest BCUT2D eigenvalue weighted by Gasteiger charge is -2.63. The molecule has 0 aromatic carbocycles. The molecule has 0 saturated heterocycles. The Hall–Kier alpha value is -1.24. The zero-order chi connectivity index (χ0) is 20.7. The van der Waals surface area contributed by atoms with Gasteiger partial charge < -0.3 is 24.9 Å². The number of carbonyl (C=O) groups excluding carboxylic acids is 2. The molecule has 0 aromatic rings. The van der Waals surface area contributed by atoms with E-state index in [1.807, 2.05) is 0 Å². The lowest BCUT2D eigenvalue weighted by atomic mass is 9.43. The summed E-state index contributed by atoms with van der Waals surface area (Å²) < 4.78 is 5.10. The van der Waals surface area contributed by atoms with Crippen molar-refractivity contribution < 1.29 is 29.6 Å². The van der Waals surface area contributed by atoms with E-state index in [0.29, 0.717) is 45.1 Å². The molecule has 0 bridgehead atoms. The van der Waals surface area contributed by atoms with Gasteiger partial charge in [0.25, 0.3) is 0 Å². The molecule has 4 saturated carbocycles. The van der Waals surface area contributed by atoms with Crippen LogP contribution in [-0.2, 0) is 14.3 Å². The summed E-state index contributed by atoms with van der Waals surface area (Å²) in [6, 6.07) is 0. The van der Waals surface area contributed by atoms with Gasteiger partial charge in [0.05, 0.1) is 22.7 Å². The van der Waals surface area contributed by atoms with Gasteiger partial charge in [-0.25, -0.2) is 4.79 Å². The Morgan fingerprint density at radius 2 is 1.86 bits per heavy atom. The van der Waals surface area contributed by atoms with Crippen molar-refractivity contribution in [2.45, 2.75) is 82.0 Å². The molecule has 6 nitrogen and oxygen atoms in total. The molecule has 4 fully saturated rings. The maximum Gasteiger partial charge on any atom is 0.331 e. The number of cyclic esters (lactones) is 1. The number of esters is 1. The van der Waals surface area contributed by atoms with Crippen LogP contribution in [0.4, 0.5) is 0 Å². The Morgan fingerprint density at radius 1 is 1.07 bits per heavy atom. The maximum atomic E-state index is 12.5. The summed E-state index contributed by atoms with van der Waals surface area (Å²) in [5, 5.41) is 33.4. The third-order valence-electron chi connectivity index (χ3n) is 9.58. The van der Waals surface area contributed by atoms with E-state index in [2.05, 4.69) is 6.92 Å². The molecule has 8 atom stereocenters. The highest BCUT2D eigenvalue weighted by atomic mass is 16.5. The van der Waals surface area contributed by atoms with Gasteiger partial charge >= 0.3 is 5.97 Å². The number of ether oxygens (including phenoxy) is 1. The Balaban J connectivity index is 1.48. The van der Waals surface area contributed by atoms with Crippen molar-refractivity contribution in [2.24, 2.45) is 28.6 Å². The molecule has 0 radical (unpaired) electrons. The number of aliphatic hydroxyl groups is 3. The lowest BCUT2D eigenvalue weighted by Crippen LogP contribution is -2.66. The molecule has 0 unspecified atom stereocenters. The van der Waals surface area contributed by atoms with Gasteiger partial charge in [0.1, 0.15) is 12.9 Å². The van der Waals surface area contributed by atoms with E-state index in [4.69, 9.17) is 4.74 Å². The van der Waals surface area contributed by atoms with Crippen molar-refractivity contribution >= 4 is 12.3 Å². The first-order valence-corrected chi connectivity index (χ1v) is 11.1. The molecule has 29 heavy (non-hydrogen) atoms.